The quantitative estimate of drug-likeness (QED) is 0.219. The van der Waals surface area contributed by atoms with Crippen LogP contribution < -0.4 is 11.0 Å². The SMILES string of the molecule is COC(=O)C[C@@H](c1cc2cccc3c2n(c1=O)CCC3)c1c(O)c(O)c(O)c2c(=O)cc(-c3ccccc3)oc12. The Labute approximate surface area is 227 Å². The van der Waals surface area contributed by atoms with Gasteiger partial charge in [-0.15, -0.1) is 0 Å². The molecule has 3 heterocycles. The number of phenols is 3. The molecular formula is C31H25NO8. The summed E-state index contributed by atoms with van der Waals surface area (Å²) >= 11 is 0. The van der Waals surface area contributed by atoms with Crippen molar-refractivity contribution in [3.05, 3.63) is 97.9 Å². The number of nitrogens with zero attached hydrogens (tertiary/aromatic N) is 1. The van der Waals surface area contributed by atoms with Crippen molar-refractivity contribution in [1.82, 2.24) is 4.57 Å². The number of aryl methyl sites for hydroxylation is 2. The van der Waals surface area contributed by atoms with E-state index < -0.39 is 41.0 Å². The van der Waals surface area contributed by atoms with Gasteiger partial charge in [-0.2, -0.15) is 0 Å². The second kappa shape index (κ2) is 9.60. The minimum Gasteiger partial charge on any atom is -0.504 e. The predicted molar refractivity (Wildman–Crippen MR) is 148 cm³/mol. The highest BCUT2D eigenvalue weighted by Gasteiger charge is 2.33. The number of phenolic OH excluding ortho intramolecular Hbond substituents is 3. The van der Waals surface area contributed by atoms with Gasteiger partial charge in [-0.3, -0.25) is 14.4 Å². The van der Waals surface area contributed by atoms with E-state index >= 15 is 0 Å². The molecule has 202 valence electrons. The molecule has 40 heavy (non-hydrogen) atoms. The second-order valence-electron chi connectivity index (χ2n) is 9.85. The third-order valence-corrected chi connectivity index (χ3v) is 7.57. The van der Waals surface area contributed by atoms with Crippen LogP contribution in [0.15, 0.2) is 74.7 Å². The molecule has 0 saturated carbocycles. The van der Waals surface area contributed by atoms with Crippen molar-refractivity contribution >= 4 is 27.8 Å². The Bertz CT molecular complexity index is 1940. The van der Waals surface area contributed by atoms with Crippen LogP contribution in [0.25, 0.3) is 33.2 Å². The van der Waals surface area contributed by atoms with E-state index in [0.29, 0.717) is 12.1 Å². The number of hydrogen-bond donors (Lipinski definition) is 3. The zero-order valence-corrected chi connectivity index (χ0v) is 21.5. The first-order valence-corrected chi connectivity index (χ1v) is 12.8. The topological polar surface area (TPSA) is 139 Å². The van der Waals surface area contributed by atoms with Crippen LogP contribution in [-0.4, -0.2) is 33.0 Å². The minimum absolute atomic E-state index is 0.135. The molecule has 5 aromatic rings. The number of carbonyl (C=O) groups is 1. The lowest BCUT2D eigenvalue weighted by Crippen LogP contribution is -2.30. The van der Waals surface area contributed by atoms with Gasteiger partial charge in [0, 0.05) is 35.2 Å². The maximum Gasteiger partial charge on any atom is 0.306 e. The van der Waals surface area contributed by atoms with Gasteiger partial charge in [0.1, 0.15) is 16.7 Å². The summed E-state index contributed by atoms with van der Waals surface area (Å²) < 4.78 is 12.7. The normalized spacial score (nSPS) is 13.4. The van der Waals surface area contributed by atoms with E-state index in [4.69, 9.17) is 9.15 Å². The highest BCUT2D eigenvalue weighted by molar-refractivity contribution is 5.94. The number of carbonyl (C=O) groups excluding carboxylic acids is 1. The van der Waals surface area contributed by atoms with Gasteiger partial charge in [0.05, 0.1) is 19.0 Å². The van der Waals surface area contributed by atoms with Crippen molar-refractivity contribution in [2.45, 2.75) is 31.7 Å². The van der Waals surface area contributed by atoms with Crippen LogP contribution in [-0.2, 0) is 22.5 Å². The van der Waals surface area contributed by atoms with Crippen LogP contribution in [0, 0.1) is 0 Å². The molecule has 0 amide bonds. The third-order valence-electron chi connectivity index (χ3n) is 7.57. The summed E-state index contributed by atoms with van der Waals surface area (Å²) in [4.78, 5) is 39.9. The lowest BCUT2D eigenvalue weighted by atomic mass is 9.85. The number of hydrogen-bond acceptors (Lipinski definition) is 8. The van der Waals surface area contributed by atoms with Gasteiger partial charge in [0.15, 0.2) is 16.9 Å². The number of ether oxygens (including phenoxy) is 1. The lowest BCUT2D eigenvalue weighted by Gasteiger charge is -2.24. The molecule has 0 spiro atoms. The van der Waals surface area contributed by atoms with Crippen LogP contribution in [0.3, 0.4) is 0 Å². The first kappa shape index (κ1) is 25.2. The average molecular weight is 540 g/mol. The summed E-state index contributed by atoms with van der Waals surface area (Å²) in [6, 6.07) is 17.3. The summed E-state index contributed by atoms with van der Waals surface area (Å²) in [5.74, 6) is -4.38. The zero-order valence-electron chi connectivity index (χ0n) is 21.5. The number of para-hydroxylation sites is 1. The number of fused-ring (bicyclic) bond motifs is 1. The Kier molecular flexibility index (Phi) is 6.06. The molecule has 3 aromatic carbocycles. The van der Waals surface area contributed by atoms with Crippen LogP contribution in [0.1, 0.15) is 35.4 Å². The van der Waals surface area contributed by atoms with Crippen molar-refractivity contribution in [1.29, 1.82) is 0 Å². The van der Waals surface area contributed by atoms with E-state index in [1.54, 1.807) is 41.0 Å². The number of benzene rings is 3. The average Bonchev–Trinajstić information content (AvgIpc) is 2.97. The van der Waals surface area contributed by atoms with Gasteiger partial charge < -0.3 is 29.0 Å². The maximum atomic E-state index is 14.0. The van der Waals surface area contributed by atoms with E-state index in [1.165, 1.54) is 13.2 Å². The first-order valence-electron chi connectivity index (χ1n) is 12.8. The number of methoxy groups -OCH3 is 1. The van der Waals surface area contributed by atoms with Crippen molar-refractivity contribution < 1.29 is 29.3 Å². The maximum absolute atomic E-state index is 14.0. The number of pyridine rings is 1. The molecule has 3 N–H and O–H groups in total. The van der Waals surface area contributed by atoms with E-state index in [1.807, 2.05) is 18.2 Å². The predicted octanol–water partition coefficient (Wildman–Crippen LogP) is 4.53. The van der Waals surface area contributed by atoms with Gasteiger partial charge >= 0.3 is 5.97 Å². The second-order valence-corrected chi connectivity index (χ2v) is 9.85. The fourth-order valence-corrected chi connectivity index (χ4v) is 5.69. The lowest BCUT2D eigenvalue weighted by molar-refractivity contribution is -0.140. The summed E-state index contributed by atoms with van der Waals surface area (Å²) in [6.07, 6.45) is 1.16. The molecule has 1 aliphatic rings. The number of rotatable bonds is 5. The molecule has 1 aliphatic heterocycles. The third kappa shape index (κ3) is 3.89. The van der Waals surface area contributed by atoms with Crippen molar-refractivity contribution in [3.63, 3.8) is 0 Å². The summed E-state index contributed by atoms with van der Waals surface area (Å²) in [5, 5.41) is 32.9. The van der Waals surface area contributed by atoms with E-state index in [-0.39, 0.29) is 33.4 Å². The summed E-state index contributed by atoms with van der Waals surface area (Å²) in [7, 11) is 1.20. The molecule has 9 heteroatoms. The number of aromatic nitrogens is 1. The number of esters is 1. The van der Waals surface area contributed by atoms with Gasteiger partial charge in [0.25, 0.3) is 5.56 Å². The summed E-state index contributed by atoms with van der Waals surface area (Å²) in [6.45, 7) is 0.464. The minimum atomic E-state index is -1.19. The smallest absolute Gasteiger partial charge is 0.306 e. The molecule has 0 aliphatic carbocycles. The van der Waals surface area contributed by atoms with Crippen LogP contribution in [0.2, 0.25) is 0 Å². The Morgan fingerprint density at radius 2 is 1.77 bits per heavy atom. The molecule has 0 saturated heterocycles. The van der Waals surface area contributed by atoms with E-state index in [2.05, 4.69) is 0 Å². The van der Waals surface area contributed by atoms with Crippen molar-refractivity contribution in [2.24, 2.45) is 0 Å². The van der Waals surface area contributed by atoms with Crippen molar-refractivity contribution in [3.8, 4) is 28.6 Å². The Morgan fingerprint density at radius 1 is 1.00 bits per heavy atom. The van der Waals surface area contributed by atoms with Gasteiger partial charge in [-0.05, 0) is 29.9 Å². The fraction of sp³-hybridized carbons (Fsp3) is 0.194. The highest BCUT2D eigenvalue weighted by Crippen LogP contribution is 2.49. The molecule has 0 radical (unpaired) electrons. The monoisotopic (exact) mass is 539 g/mol. The molecular weight excluding hydrogens is 514 g/mol. The largest absolute Gasteiger partial charge is 0.504 e. The Hall–Kier alpha value is -5.05. The van der Waals surface area contributed by atoms with Crippen molar-refractivity contribution in [2.75, 3.05) is 7.11 Å². The van der Waals surface area contributed by atoms with E-state index in [0.717, 1.165) is 29.3 Å². The van der Waals surface area contributed by atoms with Crippen LogP contribution in [0.5, 0.6) is 17.2 Å². The molecule has 6 rings (SSSR count). The highest BCUT2D eigenvalue weighted by atomic mass is 16.5. The van der Waals surface area contributed by atoms with E-state index in [9.17, 15) is 29.7 Å². The van der Waals surface area contributed by atoms with Crippen LogP contribution in [0.4, 0.5) is 0 Å². The zero-order chi connectivity index (χ0) is 28.1. The Balaban J connectivity index is 1.72. The molecule has 2 aromatic heterocycles. The first-order chi connectivity index (χ1) is 19.3. The molecule has 1 atom stereocenters. The molecule has 9 nitrogen and oxygen atoms in total. The van der Waals surface area contributed by atoms with Crippen LogP contribution >= 0.6 is 0 Å². The molecule has 0 unspecified atom stereocenters. The Morgan fingerprint density at radius 3 is 2.52 bits per heavy atom. The fourth-order valence-electron chi connectivity index (χ4n) is 5.69. The number of aromatic hydroxyl groups is 3. The van der Waals surface area contributed by atoms with Gasteiger partial charge in [-0.1, -0.05) is 48.5 Å². The standard InChI is InChI=1S/C31H25NO8/c1-39-23(34)14-19(20-13-18-10-5-9-17-11-6-12-32(26(17)18)31(20)38)24-27(35)29(37)28(36)25-21(33)15-22(40-30(24)25)16-7-3-2-4-8-16/h2-5,7-10,13,15,19,35-37H,6,11-12,14H2,1H3/t19-/m0/s1. The van der Waals surface area contributed by atoms with Gasteiger partial charge in [-0.25, -0.2) is 0 Å². The summed E-state index contributed by atoms with van der Waals surface area (Å²) in [5.41, 5.74) is 1.04. The van der Waals surface area contributed by atoms with Gasteiger partial charge in [0.2, 0.25) is 5.75 Å². The molecule has 0 fully saturated rings. The molecule has 0 bridgehead atoms.